The molecule has 2 saturated carbocycles. The first-order chi connectivity index (χ1) is 16.4. The quantitative estimate of drug-likeness (QED) is 0.586. The minimum atomic E-state index is -0.927. The van der Waals surface area contributed by atoms with Crippen LogP contribution in [0.2, 0.25) is 0 Å². The number of aromatic amines is 1. The molecule has 3 fully saturated rings. The van der Waals surface area contributed by atoms with E-state index in [-0.39, 0.29) is 76.8 Å². The van der Waals surface area contributed by atoms with Crippen LogP contribution in [-0.4, -0.2) is 51.7 Å². The third-order valence-electron chi connectivity index (χ3n) is 8.06. The Labute approximate surface area is 203 Å². The van der Waals surface area contributed by atoms with E-state index in [1.54, 1.807) is 18.9 Å². The van der Waals surface area contributed by atoms with E-state index >= 15 is 0 Å². The Morgan fingerprint density at radius 2 is 1.85 bits per heavy atom. The van der Waals surface area contributed by atoms with Gasteiger partial charge in [-0.1, -0.05) is 23.5 Å². The fourth-order valence-electron chi connectivity index (χ4n) is 6.87. The molecule has 7 atom stereocenters. The van der Waals surface area contributed by atoms with E-state index in [0.29, 0.717) is 0 Å². The van der Waals surface area contributed by atoms with Crippen LogP contribution in [0.1, 0.15) is 35.6 Å². The number of rotatable bonds is 6. The molecule has 0 unspecified atom stereocenters. The topological polar surface area (TPSA) is 117 Å². The van der Waals surface area contributed by atoms with Crippen molar-refractivity contribution in [2.24, 2.45) is 29.6 Å². The first kappa shape index (κ1) is 21.9. The molecule has 0 radical (unpaired) electrons. The van der Waals surface area contributed by atoms with Crippen molar-refractivity contribution < 1.29 is 24.2 Å². The molecule has 1 saturated heterocycles. The van der Waals surface area contributed by atoms with E-state index in [1.807, 2.05) is 24.3 Å². The number of nitrogens with one attached hydrogen (secondary N) is 1. The Hall–Kier alpha value is -2.59. The fourth-order valence-corrected chi connectivity index (χ4v) is 9.76. The molecular weight excluding hydrogens is 476 g/mol. The molecule has 6 rings (SSSR count). The highest BCUT2D eigenvalue weighted by Crippen LogP contribution is 2.68. The fraction of sp³-hybridized carbons (Fsp3) is 0.500. The third-order valence-corrected chi connectivity index (χ3v) is 10.7. The largest absolute Gasteiger partial charge is 0.497 e. The molecule has 3 heterocycles. The summed E-state index contributed by atoms with van der Waals surface area (Å²) >= 11 is 2.90. The molecule has 10 heteroatoms. The van der Waals surface area contributed by atoms with Crippen molar-refractivity contribution in [3.05, 3.63) is 44.4 Å². The number of thioether (sulfide) groups is 1. The molecule has 8 nitrogen and oxygen atoms in total. The van der Waals surface area contributed by atoms with Crippen LogP contribution in [0.25, 0.3) is 0 Å². The van der Waals surface area contributed by atoms with Gasteiger partial charge in [0.1, 0.15) is 5.75 Å². The van der Waals surface area contributed by atoms with Crippen molar-refractivity contribution >= 4 is 40.9 Å². The molecule has 0 spiro atoms. The Kier molecular flexibility index (Phi) is 5.14. The average Bonchev–Trinajstić information content (AvgIpc) is 3.54. The Balaban J connectivity index is 1.36. The number of methoxy groups -OCH3 is 1. The number of fused-ring (bicyclic) bond motifs is 9. The van der Waals surface area contributed by atoms with Crippen molar-refractivity contribution in [3.63, 3.8) is 0 Å². The molecule has 34 heavy (non-hydrogen) atoms. The normalized spacial score (nSPS) is 33.1. The van der Waals surface area contributed by atoms with Gasteiger partial charge in [-0.3, -0.25) is 24.1 Å². The lowest BCUT2D eigenvalue weighted by atomic mass is 9.68. The second kappa shape index (κ2) is 7.98. The molecule has 2 N–H and O–H groups in total. The molecule has 2 aliphatic carbocycles. The highest BCUT2D eigenvalue weighted by Gasteiger charge is 2.69. The van der Waals surface area contributed by atoms with Gasteiger partial charge in [0.25, 0.3) is 0 Å². The van der Waals surface area contributed by atoms with Gasteiger partial charge in [-0.05, 0) is 48.3 Å². The number of hydrogen-bond acceptors (Lipinski definition) is 7. The predicted octanol–water partition coefficient (Wildman–Crippen LogP) is 2.78. The standard InChI is InChI=1S/C24H24N2O6S2/c1-32-11-6-4-10(5-7-11)15-16-12-9-13(19(16)33-21-20(15)34-24(31)25-21)18-17(12)22(29)26(23(18)30)8-2-3-14(27)28/h4-7,12-13,15-19H,2-3,8-9H2,1H3,(H,25,31)(H,27,28)/t12-,13+,15-,16+,17+,18+,19-/m0/s1. The lowest BCUT2D eigenvalue weighted by molar-refractivity contribution is -0.142. The van der Waals surface area contributed by atoms with E-state index in [0.717, 1.165) is 27.6 Å². The molecule has 2 aromatic rings. The summed E-state index contributed by atoms with van der Waals surface area (Å²) in [4.78, 5) is 55.1. The van der Waals surface area contributed by atoms with Crippen LogP contribution in [0.15, 0.2) is 34.1 Å². The highest BCUT2D eigenvalue weighted by molar-refractivity contribution is 8.00. The van der Waals surface area contributed by atoms with E-state index in [2.05, 4.69) is 4.98 Å². The zero-order chi connectivity index (χ0) is 23.7. The lowest BCUT2D eigenvalue weighted by Gasteiger charge is -2.43. The first-order valence-electron chi connectivity index (χ1n) is 11.5. The number of likely N-dealkylation sites (tertiary alicyclic amines) is 1. The Bertz CT molecular complexity index is 1240. The maximum Gasteiger partial charge on any atom is 0.305 e. The summed E-state index contributed by atoms with van der Waals surface area (Å²) in [5.41, 5.74) is 1.09. The van der Waals surface area contributed by atoms with Gasteiger partial charge in [0.15, 0.2) is 0 Å². The van der Waals surface area contributed by atoms with Crippen LogP contribution in [-0.2, 0) is 14.4 Å². The Morgan fingerprint density at radius 3 is 2.53 bits per heavy atom. The summed E-state index contributed by atoms with van der Waals surface area (Å²) in [5.74, 6) is -0.861. The number of ether oxygens (including phenoxy) is 1. The molecular formula is C24H24N2O6S2. The minimum Gasteiger partial charge on any atom is -0.497 e. The van der Waals surface area contributed by atoms with Gasteiger partial charge in [0, 0.05) is 29.0 Å². The second-order valence-electron chi connectivity index (χ2n) is 9.56. The summed E-state index contributed by atoms with van der Waals surface area (Å²) in [6, 6.07) is 7.92. The molecule has 2 aliphatic heterocycles. The van der Waals surface area contributed by atoms with E-state index in [9.17, 15) is 19.2 Å². The number of imide groups is 1. The summed E-state index contributed by atoms with van der Waals surface area (Å²) in [7, 11) is 1.62. The van der Waals surface area contributed by atoms with E-state index in [4.69, 9.17) is 9.84 Å². The number of thiazole rings is 1. The van der Waals surface area contributed by atoms with Gasteiger partial charge >= 0.3 is 10.8 Å². The number of amides is 2. The summed E-state index contributed by atoms with van der Waals surface area (Å²) in [6.45, 7) is 0.168. The van der Waals surface area contributed by atoms with Crippen molar-refractivity contribution in [3.8, 4) is 5.75 Å². The maximum atomic E-state index is 13.4. The number of aromatic nitrogens is 1. The number of nitrogens with zero attached hydrogens (tertiary/aromatic N) is 1. The monoisotopic (exact) mass is 500 g/mol. The number of H-pyrrole nitrogens is 1. The summed E-state index contributed by atoms with van der Waals surface area (Å²) in [6.07, 6.45) is 1.05. The van der Waals surface area contributed by atoms with Gasteiger partial charge in [0.05, 0.1) is 24.0 Å². The van der Waals surface area contributed by atoms with Crippen molar-refractivity contribution in [2.75, 3.05) is 13.7 Å². The van der Waals surface area contributed by atoms with E-state index in [1.165, 1.54) is 16.2 Å². The van der Waals surface area contributed by atoms with Crippen LogP contribution in [0.5, 0.6) is 5.75 Å². The van der Waals surface area contributed by atoms with Gasteiger partial charge in [-0.15, -0.1) is 11.8 Å². The second-order valence-corrected chi connectivity index (χ2v) is 11.8. The summed E-state index contributed by atoms with van der Waals surface area (Å²) in [5, 5.41) is 9.98. The predicted molar refractivity (Wildman–Crippen MR) is 125 cm³/mol. The maximum absolute atomic E-state index is 13.4. The van der Waals surface area contributed by atoms with Gasteiger partial charge in [-0.2, -0.15) is 0 Å². The number of hydrogen-bond donors (Lipinski definition) is 2. The van der Waals surface area contributed by atoms with Gasteiger partial charge < -0.3 is 14.8 Å². The average molecular weight is 501 g/mol. The van der Waals surface area contributed by atoms with Crippen molar-refractivity contribution in [2.45, 2.75) is 35.5 Å². The van der Waals surface area contributed by atoms with Crippen LogP contribution in [0, 0.1) is 29.6 Å². The molecule has 178 valence electrons. The van der Waals surface area contributed by atoms with Crippen LogP contribution in [0.3, 0.4) is 0 Å². The minimum absolute atomic E-state index is 0.0176. The van der Waals surface area contributed by atoms with Crippen LogP contribution in [0.4, 0.5) is 0 Å². The first-order valence-corrected chi connectivity index (χ1v) is 13.2. The van der Waals surface area contributed by atoms with Crippen LogP contribution < -0.4 is 9.61 Å². The zero-order valence-electron chi connectivity index (χ0n) is 18.4. The smallest absolute Gasteiger partial charge is 0.305 e. The number of carbonyl (C=O) groups is 3. The van der Waals surface area contributed by atoms with Crippen molar-refractivity contribution in [1.29, 1.82) is 0 Å². The van der Waals surface area contributed by atoms with Crippen molar-refractivity contribution in [1.82, 2.24) is 9.88 Å². The number of carboxylic acids is 1. The number of carboxylic acid groups (broad SMARTS) is 1. The molecule has 2 amide bonds. The summed E-state index contributed by atoms with van der Waals surface area (Å²) < 4.78 is 5.33. The van der Waals surface area contributed by atoms with Gasteiger partial charge in [0.2, 0.25) is 11.8 Å². The molecule has 4 aliphatic rings. The molecule has 1 aromatic heterocycles. The number of aliphatic carboxylic acids is 1. The molecule has 2 bridgehead atoms. The Morgan fingerprint density at radius 1 is 1.15 bits per heavy atom. The molecule has 1 aromatic carbocycles. The van der Waals surface area contributed by atoms with Crippen LogP contribution >= 0.6 is 23.1 Å². The number of benzene rings is 1. The zero-order valence-corrected chi connectivity index (χ0v) is 20.1. The van der Waals surface area contributed by atoms with E-state index < -0.39 is 5.97 Å². The highest BCUT2D eigenvalue weighted by atomic mass is 32.2. The lowest BCUT2D eigenvalue weighted by Crippen LogP contribution is -2.42. The SMILES string of the molecule is COc1ccc([C@@H]2c3sc(=O)[nH]c3S[C@H]3[C@@H]4C[C@H]([C@H]5C(=O)N(CCCC(=O)O)C(=O)[C@H]45)[C@H]23)cc1. The third kappa shape index (κ3) is 3.11. The number of carbonyl (C=O) groups excluding carboxylic acids is 2. The van der Waals surface area contributed by atoms with Gasteiger partial charge in [-0.25, -0.2) is 0 Å².